The van der Waals surface area contributed by atoms with Crippen molar-refractivity contribution in [1.29, 1.82) is 0 Å². The van der Waals surface area contributed by atoms with Crippen molar-refractivity contribution >= 4 is 15.7 Å². The standard InChI is InChI=1S/C10H22N2O3S/c1-8(2)11-6-7-12-9(13)10(3,4)16(5,14)15/h8,11H,6-7H2,1-5H3,(H,12,13). The first kappa shape index (κ1) is 15.4. The van der Waals surface area contributed by atoms with Gasteiger partial charge in [-0.15, -0.1) is 0 Å². The van der Waals surface area contributed by atoms with Crippen LogP contribution in [0.1, 0.15) is 27.7 Å². The first-order valence-electron chi connectivity index (χ1n) is 5.30. The average molecular weight is 250 g/mol. The Morgan fingerprint density at radius 1 is 1.25 bits per heavy atom. The fourth-order valence-electron chi connectivity index (χ4n) is 0.918. The molecule has 0 spiro atoms. The molecule has 0 aliphatic heterocycles. The molecule has 0 unspecified atom stereocenters. The number of hydrogen-bond donors (Lipinski definition) is 2. The summed E-state index contributed by atoms with van der Waals surface area (Å²) in [5.74, 6) is -0.458. The monoisotopic (exact) mass is 250 g/mol. The Labute approximate surface area is 97.9 Å². The molecular formula is C10H22N2O3S. The third-order valence-electron chi connectivity index (χ3n) is 2.44. The maximum Gasteiger partial charge on any atom is 0.240 e. The minimum atomic E-state index is -3.39. The highest BCUT2D eigenvalue weighted by Gasteiger charge is 2.37. The van der Waals surface area contributed by atoms with Gasteiger partial charge < -0.3 is 10.6 Å². The predicted octanol–water partition coefficient (Wildman–Crippen LogP) is -0.0762. The summed E-state index contributed by atoms with van der Waals surface area (Å²) in [6.45, 7) is 7.88. The van der Waals surface area contributed by atoms with Crippen LogP contribution in [-0.4, -0.2) is 44.5 Å². The normalized spacial score (nSPS) is 12.9. The maximum atomic E-state index is 11.6. The molecule has 96 valence electrons. The number of rotatable bonds is 6. The van der Waals surface area contributed by atoms with E-state index >= 15 is 0 Å². The summed E-state index contributed by atoms with van der Waals surface area (Å²) in [5.41, 5.74) is 0. The molecule has 6 heteroatoms. The quantitative estimate of drug-likeness (QED) is 0.647. The summed E-state index contributed by atoms with van der Waals surface area (Å²) < 4.78 is 21.3. The molecule has 0 saturated carbocycles. The maximum absolute atomic E-state index is 11.6. The van der Waals surface area contributed by atoms with Gasteiger partial charge in [-0.2, -0.15) is 0 Å². The van der Waals surface area contributed by atoms with Crippen molar-refractivity contribution in [2.75, 3.05) is 19.3 Å². The van der Waals surface area contributed by atoms with Crippen LogP contribution in [0.4, 0.5) is 0 Å². The summed E-state index contributed by atoms with van der Waals surface area (Å²) in [7, 11) is -3.39. The average Bonchev–Trinajstić information content (AvgIpc) is 2.09. The van der Waals surface area contributed by atoms with Gasteiger partial charge in [0.1, 0.15) is 4.75 Å². The Balaban J connectivity index is 4.18. The summed E-state index contributed by atoms with van der Waals surface area (Å²) in [6.07, 6.45) is 1.07. The van der Waals surface area contributed by atoms with Crippen molar-refractivity contribution in [1.82, 2.24) is 10.6 Å². The van der Waals surface area contributed by atoms with E-state index in [0.717, 1.165) is 6.26 Å². The Morgan fingerprint density at radius 2 is 1.75 bits per heavy atom. The van der Waals surface area contributed by atoms with Crippen LogP contribution in [0.3, 0.4) is 0 Å². The van der Waals surface area contributed by atoms with Crippen LogP contribution in [0.5, 0.6) is 0 Å². The first-order chi connectivity index (χ1) is 7.09. The highest BCUT2D eigenvalue weighted by atomic mass is 32.2. The van der Waals surface area contributed by atoms with Crippen molar-refractivity contribution in [3.63, 3.8) is 0 Å². The van der Waals surface area contributed by atoms with Gasteiger partial charge in [0.05, 0.1) is 0 Å². The summed E-state index contributed by atoms with van der Waals surface area (Å²) in [4.78, 5) is 11.6. The van der Waals surface area contributed by atoms with Crippen LogP contribution in [0.15, 0.2) is 0 Å². The van der Waals surface area contributed by atoms with Crippen LogP contribution in [-0.2, 0) is 14.6 Å². The molecule has 1 amide bonds. The van der Waals surface area contributed by atoms with Gasteiger partial charge in [-0.3, -0.25) is 4.79 Å². The van der Waals surface area contributed by atoms with E-state index in [1.165, 1.54) is 13.8 Å². The lowest BCUT2D eigenvalue weighted by Crippen LogP contribution is -2.49. The first-order valence-corrected chi connectivity index (χ1v) is 7.19. The van der Waals surface area contributed by atoms with Gasteiger partial charge in [-0.05, 0) is 13.8 Å². The van der Waals surface area contributed by atoms with Crippen LogP contribution in [0.2, 0.25) is 0 Å². The second-order valence-electron chi connectivity index (χ2n) is 4.65. The molecule has 2 N–H and O–H groups in total. The van der Waals surface area contributed by atoms with E-state index in [0.29, 0.717) is 19.1 Å². The topological polar surface area (TPSA) is 75.3 Å². The minimum absolute atomic E-state index is 0.347. The van der Waals surface area contributed by atoms with Gasteiger partial charge in [-0.25, -0.2) is 8.42 Å². The molecule has 0 aliphatic carbocycles. The van der Waals surface area contributed by atoms with E-state index < -0.39 is 20.5 Å². The molecule has 0 saturated heterocycles. The molecular weight excluding hydrogens is 228 g/mol. The molecule has 0 rings (SSSR count). The zero-order valence-corrected chi connectivity index (χ0v) is 11.4. The van der Waals surface area contributed by atoms with Gasteiger partial charge in [0, 0.05) is 25.4 Å². The van der Waals surface area contributed by atoms with Gasteiger partial charge in [-0.1, -0.05) is 13.8 Å². The van der Waals surface area contributed by atoms with Crippen molar-refractivity contribution in [2.45, 2.75) is 38.5 Å². The number of nitrogens with one attached hydrogen (secondary N) is 2. The van der Waals surface area contributed by atoms with Gasteiger partial charge in [0.15, 0.2) is 9.84 Å². The number of carbonyl (C=O) groups excluding carboxylic acids is 1. The summed E-state index contributed by atoms with van der Waals surface area (Å²) in [6, 6.07) is 0.347. The lowest BCUT2D eigenvalue weighted by atomic mass is 10.2. The van der Waals surface area contributed by atoms with Crippen molar-refractivity contribution < 1.29 is 13.2 Å². The molecule has 0 aliphatic rings. The van der Waals surface area contributed by atoms with Crippen LogP contribution >= 0.6 is 0 Å². The van der Waals surface area contributed by atoms with E-state index in [-0.39, 0.29) is 0 Å². The molecule has 0 radical (unpaired) electrons. The Morgan fingerprint density at radius 3 is 2.12 bits per heavy atom. The molecule has 0 heterocycles. The minimum Gasteiger partial charge on any atom is -0.353 e. The highest BCUT2D eigenvalue weighted by molar-refractivity contribution is 7.92. The molecule has 0 bridgehead atoms. The third kappa shape index (κ3) is 4.49. The van der Waals surface area contributed by atoms with Crippen LogP contribution < -0.4 is 10.6 Å². The molecule has 0 aromatic carbocycles. The van der Waals surface area contributed by atoms with E-state index in [2.05, 4.69) is 10.6 Å². The van der Waals surface area contributed by atoms with Gasteiger partial charge in [0.25, 0.3) is 0 Å². The number of amides is 1. The van der Waals surface area contributed by atoms with Crippen LogP contribution in [0, 0.1) is 0 Å². The van der Waals surface area contributed by atoms with Gasteiger partial charge in [0.2, 0.25) is 5.91 Å². The van der Waals surface area contributed by atoms with Gasteiger partial charge >= 0.3 is 0 Å². The summed E-state index contributed by atoms with van der Waals surface area (Å²) >= 11 is 0. The third-order valence-corrected chi connectivity index (χ3v) is 4.48. The van der Waals surface area contributed by atoms with Crippen molar-refractivity contribution in [3.8, 4) is 0 Å². The SMILES string of the molecule is CC(C)NCCNC(=O)C(C)(C)S(C)(=O)=O. The predicted molar refractivity (Wildman–Crippen MR) is 65.1 cm³/mol. The molecule has 16 heavy (non-hydrogen) atoms. The smallest absolute Gasteiger partial charge is 0.240 e. The van der Waals surface area contributed by atoms with E-state index in [9.17, 15) is 13.2 Å². The zero-order chi connectivity index (χ0) is 13.0. The molecule has 0 fully saturated rings. The Hall–Kier alpha value is -0.620. The summed E-state index contributed by atoms with van der Waals surface area (Å²) in [5, 5.41) is 5.73. The number of sulfone groups is 1. The Bertz CT molecular complexity index is 334. The van der Waals surface area contributed by atoms with E-state index in [1.807, 2.05) is 13.8 Å². The molecule has 0 aromatic rings. The zero-order valence-electron chi connectivity index (χ0n) is 10.6. The van der Waals surface area contributed by atoms with E-state index in [4.69, 9.17) is 0 Å². The second-order valence-corrected chi connectivity index (χ2v) is 7.21. The van der Waals surface area contributed by atoms with Crippen LogP contribution in [0.25, 0.3) is 0 Å². The largest absolute Gasteiger partial charge is 0.353 e. The highest BCUT2D eigenvalue weighted by Crippen LogP contribution is 2.14. The lowest BCUT2D eigenvalue weighted by Gasteiger charge is -2.21. The van der Waals surface area contributed by atoms with Crippen molar-refractivity contribution in [2.24, 2.45) is 0 Å². The van der Waals surface area contributed by atoms with E-state index in [1.54, 1.807) is 0 Å². The molecule has 5 nitrogen and oxygen atoms in total. The lowest BCUT2D eigenvalue weighted by molar-refractivity contribution is -0.122. The number of carbonyl (C=O) groups is 1. The second kappa shape index (κ2) is 5.63. The molecule has 0 atom stereocenters. The fourth-order valence-corrected chi connectivity index (χ4v) is 1.33. The fraction of sp³-hybridized carbons (Fsp3) is 0.900. The van der Waals surface area contributed by atoms with Crippen molar-refractivity contribution in [3.05, 3.63) is 0 Å². The molecule has 0 aromatic heterocycles. The number of hydrogen-bond acceptors (Lipinski definition) is 4. The Kier molecular flexibility index (Phi) is 5.41.